The highest BCUT2D eigenvalue weighted by Gasteiger charge is 2.32. The zero-order chi connectivity index (χ0) is 24.7. The van der Waals surface area contributed by atoms with E-state index in [-0.39, 0.29) is 11.5 Å². The standard InChI is InChI=1S/C26H19BrIN3O3S/c1-14-8-10-16(11-9-14)22-21(24(32)30-17-6-4-3-5-7-17)15(2)29-26-31(22)25(33)20(35-26)13-18-12-19(27)23(28)34-18/h3-13,22H,1-2H3,(H,30,32)/b20-13+/t22-/m1/s1. The average Bonchev–Trinajstić information content (AvgIpc) is 3.31. The van der Waals surface area contributed by atoms with Gasteiger partial charge in [0.1, 0.15) is 5.76 Å². The van der Waals surface area contributed by atoms with Crippen molar-refractivity contribution in [3.05, 3.63) is 117 Å². The second-order valence-corrected chi connectivity index (χ2v) is 10.9. The normalized spacial score (nSPS) is 15.7. The summed E-state index contributed by atoms with van der Waals surface area (Å²) < 4.78 is 9.33. The third kappa shape index (κ3) is 4.72. The maximum Gasteiger partial charge on any atom is 0.271 e. The van der Waals surface area contributed by atoms with E-state index in [9.17, 15) is 9.59 Å². The fraction of sp³-hybridized carbons (Fsp3) is 0.115. The molecule has 9 heteroatoms. The van der Waals surface area contributed by atoms with Gasteiger partial charge in [-0.05, 0) is 53.5 Å². The number of furan rings is 1. The van der Waals surface area contributed by atoms with E-state index in [0.29, 0.717) is 35.8 Å². The van der Waals surface area contributed by atoms with Gasteiger partial charge in [-0.15, -0.1) is 0 Å². The molecule has 1 aliphatic heterocycles. The first kappa shape index (κ1) is 24.0. The Hall–Kier alpha value is -2.76. The molecular formula is C26H19BrIN3O3S. The van der Waals surface area contributed by atoms with E-state index in [1.807, 2.05) is 74.5 Å². The topological polar surface area (TPSA) is 76.6 Å². The summed E-state index contributed by atoms with van der Waals surface area (Å²) in [7, 11) is 0. The van der Waals surface area contributed by atoms with Crippen molar-refractivity contribution in [3.8, 4) is 0 Å². The van der Waals surface area contributed by atoms with E-state index in [2.05, 4.69) is 48.8 Å². The van der Waals surface area contributed by atoms with Crippen LogP contribution in [0.3, 0.4) is 0 Å². The van der Waals surface area contributed by atoms with Crippen LogP contribution in [0.4, 0.5) is 5.69 Å². The molecule has 0 unspecified atom stereocenters. The highest BCUT2D eigenvalue weighted by atomic mass is 127. The third-order valence-corrected chi connectivity index (χ3v) is 8.74. The van der Waals surface area contributed by atoms with Crippen LogP contribution in [-0.2, 0) is 4.79 Å². The van der Waals surface area contributed by atoms with Crippen molar-refractivity contribution in [1.82, 2.24) is 4.57 Å². The van der Waals surface area contributed by atoms with Crippen LogP contribution < -0.4 is 20.2 Å². The Morgan fingerprint density at radius 1 is 1.17 bits per heavy atom. The number of hydrogen-bond donors (Lipinski definition) is 1. The number of aromatic nitrogens is 1. The minimum absolute atomic E-state index is 0.223. The lowest BCUT2D eigenvalue weighted by Gasteiger charge is -2.25. The summed E-state index contributed by atoms with van der Waals surface area (Å²) in [6, 6.07) is 18.3. The highest BCUT2D eigenvalue weighted by molar-refractivity contribution is 14.1. The van der Waals surface area contributed by atoms with Crippen LogP contribution >= 0.6 is 49.9 Å². The molecule has 0 saturated carbocycles. The molecule has 1 amide bonds. The monoisotopic (exact) mass is 659 g/mol. The third-order valence-electron chi connectivity index (χ3n) is 5.63. The average molecular weight is 660 g/mol. The predicted molar refractivity (Wildman–Crippen MR) is 149 cm³/mol. The number of anilines is 1. The molecule has 5 rings (SSSR count). The summed E-state index contributed by atoms with van der Waals surface area (Å²) in [4.78, 5) is 32.4. The van der Waals surface area contributed by atoms with Crippen LogP contribution in [0, 0.1) is 10.7 Å². The number of halogens is 2. The highest BCUT2D eigenvalue weighted by Crippen LogP contribution is 2.31. The smallest absolute Gasteiger partial charge is 0.271 e. The lowest BCUT2D eigenvalue weighted by atomic mass is 9.94. The van der Waals surface area contributed by atoms with Crippen molar-refractivity contribution >= 4 is 67.5 Å². The molecule has 1 atom stereocenters. The maximum atomic E-state index is 13.7. The SMILES string of the molecule is CC1=C(C(=O)Nc2ccccc2)[C@@H](c2ccc(C)cc2)n2c(s/c(=C/c3cc(Br)c(I)o3)c2=O)=N1. The molecule has 0 bridgehead atoms. The minimum atomic E-state index is -0.610. The van der Waals surface area contributed by atoms with Crippen LogP contribution in [0.2, 0.25) is 0 Å². The zero-order valence-electron chi connectivity index (χ0n) is 18.7. The number of amides is 1. The number of benzene rings is 2. The Balaban J connectivity index is 1.68. The van der Waals surface area contributed by atoms with Gasteiger partial charge in [0.05, 0.1) is 26.3 Å². The molecule has 176 valence electrons. The molecule has 6 nitrogen and oxygen atoms in total. The molecule has 2 aromatic carbocycles. The first-order chi connectivity index (χ1) is 16.8. The van der Waals surface area contributed by atoms with Gasteiger partial charge in [0, 0.05) is 34.4 Å². The van der Waals surface area contributed by atoms with Crippen molar-refractivity contribution < 1.29 is 9.21 Å². The van der Waals surface area contributed by atoms with Crippen molar-refractivity contribution in [1.29, 1.82) is 0 Å². The van der Waals surface area contributed by atoms with Gasteiger partial charge < -0.3 is 9.73 Å². The van der Waals surface area contributed by atoms with E-state index in [1.165, 1.54) is 11.3 Å². The molecule has 1 aliphatic rings. The van der Waals surface area contributed by atoms with E-state index >= 15 is 0 Å². The Morgan fingerprint density at radius 2 is 1.89 bits per heavy atom. The number of nitrogens with zero attached hydrogens (tertiary/aromatic N) is 2. The number of carbonyl (C=O) groups is 1. The summed E-state index contributed by atoms with van der Waals surface area (Å²) >= 11 is 6.80. The second kappa shape index (κ2) is 9.71. The fourth-order valence-electron chi connectivity index (χ4n) is 3.96. The maximum absolute atomic E-state index is 13.7. The van der Waals surface area contributed by atoms with Gasteiger partial charge in [0.15, 0.2) is 8.57 Å². The second-order valence-electron chi connectivity index (χ2n) is 8.08. The number of carbonyl (C=O) groups excluding carboxylic acids is 1. The molecule has 0 fully saturated rings. The quantitative estimate of drug-likeness (QED) is 0.308. The fourth-order valence-corrected chi connectivity index (χ4v) is 5.70. The van der Waals surface area contributed by atoms with E-state index in [1.54, 1.807) is 10.6 Å². The first-order valence-corrected chi connectivity index (χ1v) is 13.4. The summed E-state index contributed by atoms with van der Waals surface area (Å²) in [6.45, 7) is 3.81. The first-order valence-electron chi connectivity index (χ1n) is 10.7. The van der Waals surface area contributed by atoms with Gasteiger partial charge in [-0.1, -0.05) is 59.4 Å². The lowest BCUT2D eigenvalue weighted by Crippen LogP contribution is -2.40. The number of allylic oxidation sites excluding steroid dienone is 1. The van der Waals surface area contributed by atoms with Gasteiger partial charge in [0.2, 0.25) is 0 Å². The summed E-state index contributed by atoms with van der Waals surface area (Å²) in [5.41, 5.74) is 3.40. The van der Waals surface area contributed by atoms with E-state index < -0.39 is 6.04 Å². The van der Waals surface area contributed by atoms with Crippen LogP contribution in [0.25, 0.3) is 6.08 Å². The number of fused-ring (bicyclic) bond motifs is 1. The van der Waals surface area contributed by atoms with Crippen LogP contribution in [-0.4, -0.2) is 10.5 Å². The van der Waals surface area contributed by atoms with E-state index in [4.69, 9.17) is 4.42 Å². The number of hydrogen-bond acceptors (Lipinski definition) is 5. The summed E-state index contributed by atoms with van der Waals surface area (Å²) in [5, 5.41) is 2.96. The zero-order valence-corrected chi connectivity index (χ0v) is 23.3. The number of thiazole rings is 1. The van der Waals surface area contributed by atoms with Gasteiger partial charge in [-0.25, -0.2) is 4.99 Å². The largest absolute Gasteiger partial charge is 0.450 e. The van der Waals surface area contributed by atoms with Crippen molar-refractivity contribution in [3.63, 3.8) is 0 Å². The molecule has 0 spiro atoms. The lowest BCUT2D eigenvalue weighted by molar-refractivity contribution is -0.113. The van der Waals surface area contributed by atoms with Crippen LogP contribution in [0.1, 0.15) is 29.9 Å². The molecule has 0 saturated heterocycles. The number of aryl methyl sites for hydroxylation is 1. The minimum Gasteiger partial charge on any atom is -0.450 e. The molecule has 0 aliphatic carbocycles. The van der Waals surface area contributed by atoms with Crippen molar-refractivity contribution in [2.75, 3.05) is 5.32 Å². The van der Waals surface area contributed by atoms with Crippen molar-refractivity contribution in [2.24, 2.45) is 4.99 Å². The molecule has 2 aromatic heterocycles. The van der Waals surface area contributed by atoms with Gasteiger partial charge in [-0.2, -0.15) is 0 Å². The van der Waals surface area contributed by atoms with Crippen LogP contribution in [0.5, 0.6) is 0 Å². The summed E-state index contributed by atoms with van der Waals surface area (Å²) in [6.07, 6.45) is 1.71. The Kier molecular flexibility index (Phi) is 6.65. The van der Waals surface area contributed by atoms with E-state index in [0.717, 1.165) is 15.6 Å². The molecular weight excluding hydrogens is 641 g/mol. The molecule has 0 radical (unpaired) electrons. The number of nitrogens with one attached hydrogen (secondary N) is 1. The molecule has 1 N–H and O–H groups in total. The number of rotatable bonds is 4. The van der Waals surface area contributed by atoms with Gasteiger partial charge in [0.25, 0.3) is 11.5 Å². The Labute approximate surface area is 227 Å². The number of para-hydroxylation sites is 1. The molecule has 4 aromatic rings. The molecule has 35 heavy (non-hydrogen) atoms. The Bertz CT molecular complexity index is 1630. The Morgan fingerprint density at radius 3 is 2.54 bits per heavy atom. The molecule has 3 heterocycles. The summed E-state index contributed by atoms with van der Waals surface area (Å²) in [5.74, 6) is 0.276. The van der Waals surface area contributed by atoms with Gasteiger partial charge in [-0.3, -0.25) is 14.2 Å². The van der Waals surface area contributed by atoms with Crippen molar-refractivity contribution in [2.45, 2.75) is 19.9 Å². The predicted octanol–water partition coefficient (Wildman–Crippen LogP) is 5.14. The van der Waals surface area contributed by atoms with Crippen LogP contribution in [0.15, 0.2) is 90.6 Å². The van der Waals surface area contributed by atoms with Gasteiger partial charge >= 0.3 is 0 Å².